The highest BCUT2D eigenvalue weighted by molar-refractivity contribution is 5.88. The monoisotopic (exact) mass is 423 g/mol. The van der Waals surface area contributed by atoms with Gasteiger partial charge in [0.1, 0.15) is 0 Å². The van der Waals surface area contributed by atoms with E-state index in [0.717, 1.165) is 5.43 Å². The molecule has 0 radical (unpaired) electrons. The van der Waals surface area contributed by atoms with E-state index in [0.29, 0.717) is 5.01 Å². The molecule has 0 unspecified atom stereocenters. The second-order valence-corrected chi connectivity index (χ2v) is 6.26. The maximum absolute atomic E-state index is 14.4. The first kappa shape index (κ1) is 21.9. The predicted octanol–water partition coefficient (Wildman–Crippen LogP) is 2.16. The number of amides is 1. The van der Waals surface area contributed by atoms with Gasteiger partial charge in [0.05, 0.1) is 0 Å². The van der Waals surface area contributed by atoms with Gasteiger partial charge in [0.2, 0.25) is 0 Å². The van der Waals surface area contributed by atoms with E-state index in [1.54, 1.807) is 11.9 Å². The summed E-state index contributed by atoms with van der Waals surface area (Å²) >= 11 is 0. The lowest BCUT2D eigenvalue weighted by Gasteiger charge is -2.51. The Morgan fingerprint density at radius 2 is 1.00 bits per heavy atom. The zero-order valence-electron chi connectivity index (χ0n) is 13.3. The molecule has 2 aliphatic rings. The molecule has 158 valence electrons. The maximum Gasteiger partial charge on any atom is 0.384 e. The second-order valence-electron chi connectivity index (χ2n) is 6.26. The smallest absolute Gasteiger partial charge is 0.304 e. The molecule has 27 heavy (non-hydrogen) atoms. The Morgan fingerprint density at radius 3 is 1.37 bits per heavy atom. The van der Waals surface area contributed by atoms with Crippen LogP contribution in [0.5, 0.6) is 0 Å². The molecule has 0 bridgehead atoms. The summed E-state index contributed by atoms with van der Waals surface area (Å²) in [5.74, 6) is -39.5. The first-order chi connectivity index (χ1) is 11.9. The molecule has 1 amide bonds. The molecule has 4 nitrogen and oxygen atoms in total. The summed E-state index contributed by atoms with van der Waals surface area (Å²) in [6.45, 7) is -0.426. The van der Waals surface area contributed by atoms with E-state index in [1.807, 2.05) is 0 Å². The van der Waals surface area contributed by atoms with Crippen molar-refractivity contribution in [1.29, 1.82) is 0 Å². The molecule has 2 rings (SSSR count). The average Bonchev–Trinajstić information content (AvgIpc) is 2.54. The largest absolute Gasteiger partial charge is 0.384 e. The van der Waals surface area contributed by atoms with Crippen molar-refractivity contribution >= 4 is 5.91 Å². The molecular weight excluding hydrogens is 411 g/mol. The number of hydrazine groups is 1. The van der Waals surface area contributed by atoms with Crippen LogP contribution in [0.4, 0.5) is 48.3 Å². The lowest BCUT2D eigenvalue weighted by molar-refractivity contribution is -0.476. The van der Waals surface area contributed by atoms with E-state index < -0.39 is 41.2 Å². The van der Waals surface area contributed by atoms with Crippen molar-refractivity contribution in [2.45, 2.75) is 35.3 Å². The highest BCUT2D eigenvalue weighted by Crippen LogP contribution is 2.69. The van der Waals surface area contributed by atoms with Gasteiger partial charge in [-0.3, -0.25) is 10.2 Å². The first-order valence-corrected chi connectivity index (χ1v) is 7.22. The number of nitrogens with one attached hydrogen (secondary N) is 1. The molecule has 2 fully saturated rings. The summed E-state index contributed by atoms with van der Waals surface area (Å²) in [4.78, 5) is 13.3. The van der Waals surface area contributed by atoms with Crippen LogP contribution in [-0.4, -0.2) is 84.3 Å². The number of halogens is 11. The highest BCUT2D eigenvalue weighted by atomic mass is 19.4. The summed E-state index contributed by atoms with van der Waals surface area (Å²) in [5, 5.41) is 0.541. The van der Waals surface area contributed by atoms with Crippen molar-refractivity contribution in [2.24, 2.45) is 0 Å². The lowest BCUT2D eigenvalue weighted by atomic mass is 9.72. The van der Waals surface area contributed by atoms with Gasteiger partial charge < -0.3 is 4.90 Å². The lowest BCUT2D eigenvalue weighted by Crippen LogP contribution is -2.86. The van der Waals surface area contributed by atoms with Gasteiger partial charge >= 0.3 is 35.3 Å². The van der Waals surface area contributed by atoms with Gasteiger partial charge in [-0.25, -0.2) is 9.40 Å². The van der Waals surface area contributed by atoms with Gasteiger partial charge in [-0.2, -0.15) is 43.9 Å². The van der Waals surface area contributed by atoms with Crippen LogP contribution in [0.2, 0.25) is 0 Å². The van der Waals surface area contributed by atoms with Crippen LogP contribution in [0, 0.1) is 0 Å². The Balaban J connectivity index is 2.52. The molecule has 1 N–H and O–H groups in total. The summed E-state index contributed by atoms with van der Waals surface area (Å²) in [6, 6.07) is 0. The Hall–Kier alpha value is -1.38. The number of carbonyl (C=O) groups is 1. The zero-order valence-corrected chi connectivity index (χ0v) is 13.3. The van der Waals surface area contributed by atoms with E-state index in [1.165, 1.54) is 0 Å². The maximum atomic E-state index is 14.4. The van der Waals surface area contributed by atoms with Gasteiger partial charge in [0.25, 0.3) is 5.91 Å². The van der Waals surface area contributed by atoms with Crippen molar-refractivity contribution in [3.63, 3.8) is 0 Å². The van der Waals surface area contributed by atoms with Crippen LogP contribution in [0.3, 0.4) is 0 Å². The van der Waals surface area contributed by atoms with Crippen molar-refractivity contribution in [1.82, 2.24) is 15.3 Å². The Morgan fingerprint density at radius 1 is 0.667 bits per heavy atom. The minimum atomic E-state index is -7.34. The number of hydrogen-bond acceptors (Lipinski definition) is 3. The van der Waals surface area contributed by atoms with Crippen LogP contribution in [-0.2, 0) is 4.79 Å². The highest BCUT2D eigenvalue weighted by Gasteiger charge is 3.02. The van der Waals surface area contributed by atoms with E-state index in [-0.39, 0.29) is 26.2 Å². The fourth-order valence-corrected chi connectivity index (χ4v) is 2.65. The molecule has 0 aromatic rings. The van der Waals surface area contributed by atoms with Crippen molar-refractivity contribution in [3.8, 4) is 0 Å². The van der Waals surface area contributed by atoms with Gasteiger partial charge in [0.15, 0.2) is 0 Å². The number of carbonyl (C=O) groups excluding carboxylic acids is 1. The van der Waals surface area contributed by atoms with Gasteiger partial charge in [-0.15, -0.1) is 0 Å². The zero-order chi connectivity index (χ0) is 21.3. The Bertz CT molecular complexity index is 586. The van der Waals surface area contributed by atoms with Crippen LogP contribution < -0.4 is 5.43 Å². The van der Waals surface area contributed by atoms with Gasteiger partial charge in [-0.1, -0.05) is 0 Å². The normalized spacial score (nSPS) is 31.3. The third kappa shape index (κ3) is 2.39. The number of rotatable bonds is 2. The molecule has 0 atom stereocenters. The fourth-order valence-electron chi connectivity index (χ4n) is 2.65. The summed E-state index contributed by atoms with van der Waals surface area (Å²) < 4.78 is 149. The van der Waals surface area contributed by atoms with Crippen molar-refractivity contribution in [3.05, 3.63) is 0 Å². The van der Waals surface area contributed by atoms with E-state index >= 15 is 0 Å². The third-order valence-corrected chi connectivity index (χ3v) is 4.52. The molecule has 1 saturated carbocycles. The Kier molecular flexibility index (Phi) is 4.72. The minimum Gasteiger partial charge on any atom is -0.304 e. The number of hydrogen-bond donors (Lipinski definition) is 1. The third-order valence-electron chi connectivity index (χ3n) is 4.52. The molecule has 1 aliphatic carbocycles. The topological polar surface area (TPSA) is 35.6 Å². The van der Waals surface area contributed by atoms with E-state index in [2.05, 4.69) is 0 Å². The molecule has 1 aliphatic heterocycles. The summed E-state index contributed by atoms with van der Waals surface area (Å²) in [6.07, 6.45) is 0. The van der Waals surface area contributed by atoms with Crippen LogP contribution in [0.1, 0.15) is 0 Å². The van der Waals surface area contributed by atoms with E-state index in [9.17, 15) is 53.1 Å². The molecule has 0 spiro atoms. The van der Waals surface area contributed by atoms with Crippen LogP contribution >= 0.6 is 0 Å². The summed E-state index contributed by atoms with van der Waals surface area (Å²) in [5.41, 5.74) is -5.57. The van der Waals surface area contributed by atoms with Crippen LogP contribution in [0.15, 0.2) is 0 Å². The standard InChI is InChI=1S/C12H12F11N3O/c1-25-2-4-26(5-3-25)24-6(27)7(13)8(14,15)10(18,19)12(22,23)11(20,21)9(7,16)17/h2-5H2,1H3,(H,24,27). The molecule has 1 heterocycles. The Labute approximate surface area is 144 Å². The van der Waals surface area contributed by atoms with Gasteiger partial charge in [-0.05, 0) is 7.05 Å². The van der Waals surface area contributed by atoms with Crippen molar-refractivity contribution < 1.29 is 53.1 Å². The van der Waals surface area contributed by atoms with Crippen molar-refractivity contribution in [2.75, 3.05) is 33.2 Å². The molecule has 0 aromatic heterocycles. The molecule has 0 aromatic carbocycles. The van der Waals surface area contributed by atoms with E-state index in [4.69, 9.17) is 0 Å². The second kappa shape index (κ2) is 5.81. The average molecular weight is 423 g/mol. The van der Waals surface area contributed by atoms with Gasteiger partial charge in [0, 0.05) is 26.2 Å². The number of likely N-dealkylation sites (N-methyl/N-ethyl adjacent to an activating group) is 1. The molecule has 1 saturated heterocycles. The first-order valence-electron chi connectivity index (χ1n) is 7.22. The molecule has 15 heteroatoms. The van der Waals surface area contributed by atoms with Crippen LogP contribution in [0.25, 0.3) is 0 Å². The minimum absolute atomic E-state index is 0.0801. The quantitative estimate of drug-likeness (QED) is 0.692. The number of nitrogens with zero attached hydrogens (tertiary/aromatic N) is 2. The number of alkyl halides is 11. The summed E-state index contributed by atoms with van der Waals surface area (Å²) in [7, 11) is 1.54. The fraction of sp³-hybridized carbons (Fsp3) is 0.917. The SMILES string of the molecule is CN1CCN(NC(=O)C2(F)C(F)(F)C(F)(F)C(F)(F)C(F)(F)C2(F)F)CC1. The number of piperazine rings is 1. The molecular formula is C12H12F11N3O. The predicted molar refractivity (Wildman–Crippen MR) is 65.8 cm³/mol.